The Morgan fingerprint density at radius 1 is 1.08 bits per heavy atom. The molecule has 2 heterocycles. The summed E-state index contributed by atoms with van der Waals surface area (Å²) >= 11 is 0. The Labute approximate surface area is 219 Å². The highest BCUT2D eigenvalue weighted by atomic mass is 16.3. The van der Waals surface area contributed by atoms with Gasteiger partial charge in [0, 0.05) is 11.1 Å². The number of rotatable bonds is 5. The number of carbonyl (C=O) groups is 1. The minimum absolute atomic E-state index is 0.00226. The van der Waals surface area contributed by atoms with Gasteiger partial charge in [0.05, 0.1) is 17.1 Å². The van der Waals surface area contributed by atoms with Crippen molar-refractivity contribution in [3.8, 4) is 28.3 Å². The lowest BCUT2D eigenvalue weighted by Gasteiger charge is -2.21. The Kier molecular flexibility index (Phi) is 5.52. The number of fused-ring (bicyclic) bond motifs is 1. The molecule has 4 aromatic rings. The summed E-state index contributed by atoms with van der Waals surface area (Å²) in [6.07, 6.45) is 2.13. The molecule has 0 saturated heterocycles. The zero-order valence-corrected chi connectivity index (χ0v) is 21.2. The van der Waals surface area contributed by atoms with Crippen LogP contribution in [0.4, 0.5) is 11.4 Å². The number of aromatic nitrogens is 4. The summed E-state index contributed by atoms with van der Waals surface area (Å²) in [5.41, 5.74) is 9.42. The quantitative estimate of drug-likeness (QED) is 0.267. The summed E-state index contributed by atoms with van der Waals surface area (Å²) < 4.78 is 0. The Morgan fingerprint density at radius 2 is 1.89 bits per heavy atom. The van der Waals surface area contributed by atoms with Crippen molar-refractivity contribution in [2.24, 2.45) is 10.2 Å². The number of aromatic hydroxyl groups is 1. The number of hydrogen-bond donors (Lipinski definition) is 3. The molecule has 0 fully saturated rings. The molecular formula is C28H26N8O2. The highest BCUT2D eigenvalue weighted by molar-refractivity contribution is 6.71. The summed E-state index contributed by atoms with van der Waals surface area (Å²) in [6.45, 7) is 6.19. The second kappa shape index (κ2) is 8.91. The van der Waals surface area contributed by atoms with Gasteiger partial charge >= 0.3 is 5.91 Å². The summed E-state index contributed by atoms with van der Waals surface area (Å²) in [4.78, 5) is 13.3. The molecule has 0 atom stereocenters. The third kappa shape index (κ3) is 4.00. The monoisotopic (exact) mass is 506 g/mol. The van der Waals surface area contributed by atoms with Crippen LogP contribution in [0.25, 0.3) is 22.5 Å². The number of benzene rings is 3. The molecule has 1 amide bonds. The van der Waals surface area contributed by atoms with Crippen LogP contribution >= 0.6 is 0 Å². The summed E-state index contributed by atoms with van der Waals surface area (Å²) in [5, 5.41) is 35.2. The average Bonchev–Trinajstić information content (AvgIpc) is 3.63. The SMILES string of the molecule is CC1=NN(c2ccc3c(c2)C(C)(C)CC3)C(=O)/C1=N\Nc1cccc(-c2cccc(-c3nnn[nH]3)c2)c1O. The van der Waals surface area contributed by atoms with Gasteiger partial charge in [0.2, 0.25) is 0 Å². The van der Waals surface area contributed by atoms with E-state index < -0.39 is 0 Å². The van der Waals surface area contributed by atoms with E-state index >= 15 is 0 Å². The largest absolute Gasteiger partial charge is 0.505 e. The molecule has 1 aliphatic carbocycles. The normalized spacial score (nSPS) is 17.1. The Hall–Kier alpha value is -4.86. The number of H-pyrrole nitrogens is 1. The maximum absolute atomic E-state index is 13.3. The number of carbonyl (C=O) groups excluding carboxylic acids is 1. The van der Waals surface area contributed by atoms with Crippen LogP contribution < -0.4 is 10.4 Å². The van der Waals surface area contributed by atoms with Crippen LogP contribution in [0.3, 0.4) is 0 Å². The maximum Gasteiger partial charge on any atom is 0.301 e. The second-order valence-electron chi connectivity index (χ2n) is 10.1. The Bertz CT molecular complexity index is 1620. The number of hydrazone groups is 2. The van der Waals surface area contributed by atoms with E-state index in [-0.39, 0.29) is 22.8 Å². The number of para-hydroxylation sites is 1. The number of nitrogens with one attached hydrogen (secondary N) is 2. The number of nitrogens with zero attached hydrogens (tertiary/aromatic N) is 6. The third-order valence-electron chi connectivity index (χ3n) is 7.19. The number of anilines is 2. The van der Waals surface area contributed by atoms with Crippen LogP contribution in [0.5, 0.6) is 5.75 Å². The first kappa shape index (κ1) is 23.5. The van der Waals surface area contributed by atoms with Gasteiger partial charge in [-0.05, 0) is 76.6 Å². The molecule has 3 aromatic carbocycles. The van der Waals surface area contributed by atoms with Crippen molar-refractivity contribution < 1.29 is 9.90 Å². The molecule has 1 aliphatic heterocycles. The first-order chi connectivity index (χ1) is 18.3. The fourth-order valence-corrected chi connectivity index (χ4v) is 5.03. The molecule has 0 spiro atoms. The van der Waals surface area contributed by atoms with Crippen molar-refractivity contribution in [3.05, 3.63) is 71.8 Å². The van der Waals surface area contributed by atoms with Gasteiger partial charge in [-0.3, -0.25) is 10.2 Å². The molecule has 10 nitrogen and oxygen atoms in total. The van der Waals surface area contributed by atoms with Gasteiger partial charge in [0.1, 0.15) is 5.75 Å². The number of aromatic amines is 1. The lowest BCUT2D eigenvalue weighted by molar-refractivity contribution is -0.112. The maximum atomic E-state index is 13.3. The van der Waals surface area contributed by atoms with E-state index in [9.17, 15) is 9.90 Å². The van der Waals surface area contributed by atoms with Crippen LogP contribution in [0.1, 0.15) is 38.3 Å². The van der Waals surface area contributed by atoms with Crippen LogP contribution in [0.2, 0.25) is 0 Å². The number of phenols is 1. The molecule has 190 valence electrons. The smallest absolute Gasteiger partial charge is 0.301 e. The number of hydrogen-bond acceptors (Lipinski definition) is 8. The predicted octanol–water partition coefficient (Wildman–Crippen LogP) is 4.65. The molecule has 0 unspecified atom stereocenters. The van der Waals surface area contributed by atoms with Crippen molar-refractivity contribution in [1.82, 2.24) is 20.6 Å². The molecular weight excluding hydrogens is 480 g/mol. The third-order valence-corrected chi connectivity index (χ3v) is 7.19. The second-order valence-corrected chi connectivity index (χ2v) is 10.1. The van der Waals surface area contributed by atoms with E-state index in [1.807, 2.05) is 30.3 Å². The lowest BCUT2D eigenvalue weighted by atomic mass is 9.86. The molecule has 0 radical (unpaired) electrons. The fourth-order valence-electron chi connectivity index (χ4n) is 5.03. The number of phenolic OH excluding ortho intramolecular Hbond substituents is 1. The number of aryl methyl sites for hydroxylation is 1. The minimum Gasteiger partial charge on any atom is -0.505 e. The van der Waals surface area contributed by atoms with Crippen LogP contribution in [-0.4, -0.2) is 43.1 Å². The van der Waals surface area contributed by atoms with Gasteiger partial charge in [-0.15, -0.1) is 5.10 Å². The van der Waals surface area contributed by atoms with Gasteiger partial charge in [0.15, 0.2) is 11.5 Å². The van der Waals surface area contributed by atoms with Gasteiger partial charge in [-0.1, -0.05) is 50.2 Å². The molecule has 10 heteroatoms. The standard InChI is InChI=1S/C28H26N8O2/c1-16-24(27(38)36(33-16)20-11-10-17-12-13-28(2,3)22(17)15-20)30-29-23-9-5-8-21(25(23)37)18-6-4-7-19(14-18)26-31-34-35-32-26/h4-11,14-15,29,37H,12-13H2,1-3H3,(H,31,32,34,35)/b30-24-. The molecule has 0 saturated carbocycles. The summed E-state index contributed by atoms with van der Waals surface area (Å²) in [7, 11) is 0. The van der Waals surface area contributed by atoms with Crippen LogP contribution in [-0.2, 0) is 16.6 Å². The number of amides is 1. The zero-order chi connectivity index (χ0) is 26.4. The van der Waals surface area contributed by atoms with Crippen molar-refractivity contribution in [1.29, 1.82) is 0 Å². The van der Waals surface area contributed by atoms with Crippen LogP contribution in [0, 0.1) is 0 Å². The van der Waals surface area contributed by atoms with Gasteiger partial charge in [-0.2, -0.15) is 15.2 Å². The van der Waals surface area contributed by atoms with Crippen LogP contribution in [0.15, 0.2) is 70.9 Å². The van der Waals surface area contributed by atoms with E-state index in [4.69, 9.17) is 0 Å². The highest BCUT2D eigenvalue weighted by Crippen LogP contribution is 2.40. The van der Waals surface area contributed by atoms with Crippen molar-refractivity contribution in [2.75, 3.05) is 10.4 Å². The van der Waals surface area contributed by atoms with Crippen molar-refractivity contribution in [3.63, 3.8) is 0 Å². The van der Waals surface area contributed by atoms with Crippen molar-refractivity contribution in [2.45, 2.75) is 39.0 Å². The molecule has 0 bridgehead atoms. The summed E-state index contributed by atoms with van der Waals surface area (Å²) in [6, 6.07) is 18.9. The first-order valence-corrected chi connectivity index (χ1v) is 12.4. The highest BCUT2D eigenvalue weighted by Gasteiger charge is 2.34. The topological polar surface area (TPSA) is 132 Å². The molecule has 38 heavy (non-hydrogen) atoms. The van der Waals surface area contributed by atoms with Gasteiger partial charge in [-0.25, -0.2) is 5.10 Å². The zero-order valence-electron chi connectivity index (χ0n) is 21.2. The fraction of sp³-hybridized carbons (Fsp3) is 0.214. The van der Waals surface area contributed by atoms with Gasteiger partial charge in [0.25, 0.3) is 0 Å². The van der Waals surface area contributed by atoms with Gasteiger partial charge < -0.3 is 5.11 Å². The van der Waals surface area contributed by atoms with E-state index in [2.05, 4.69) is 62.2 Å². The number of tetrazole rings is 1. The summed E-state index contributed by atoms with van der Waals surface area (Å²) in [5.74, 6) is 0.204. The van der Waals surface area contributed by atoms with E-state index in [1.165, 1.54) is 16.1 Å². The molecule has 6 rings (SSSR count). The average molecular weight is 507 g/mol. The predicted molar refractivity (Wildman–Crippen MR) is 146 cm³/mol. The minimum atomic E-state index is -0.324. The Balaban J connectivity index is 1.26. The Morgan fingerprint density at radius 3 is 2.71 bits per heavy atom. The van der Waals surface area contributed by atoms with E-state index in [0.29, 0.717) is 22.8 Å². The molecule has 1 aromatic heterocycles. The molecule has 3 N–H and O–H groups in total. The van der Waals surface area contributed by atoms with E-state index in [1.54, 1.807) is 25.1 Å². The first-order valence-electron chi connectivity index (χ1n) is 12.4. The van der Waals surface area contributed by atoms with Crippen molar-refractivity contribution >= 4 is 28.7 Å². The lowest BCUT2D eigenvalue weighted by Crippen LogP contribution is -2.28. The van der Waals surface area contributed by atoms with E-state index in [0.717, 1.165) is 29.7 Å². The molecule has 2 aliphatic rings.